The van der Waals surface area contributed by atoms with Crippen molar-refractivity contribution in [1.29, 1.82) is 0 Å². The molecule has 0 N–H and O–H groups in total. The maximum absolute atomic E-state index is 12.1. The van der Waals surface area contributed by atoms with Crippen molar-refractivity contribution in [1.82, 2.24) is 4.98 Å². The van der Waals surface area contributed by atoms with Crippen LogP contribution < -0.4 is 0 Å². The van der Waals surface area contributed by atoms with Crippen molar-refractivity contribution in [2.24, 2.45) is 0 Å². The van der Waals surface area contributed by atoms with Crippen LogP contribution in [0.2, 0.25) is 0 Å². The molecule has 0 aliphatic heterocycles. The lowest BCUT2D eigenvalue weighted by molar-refractivity contribution is -0.141. The van der Waals surface area contributed by atoms with Crippen LogP contribution in [0.3, 0.4) is 0 Å². The summed E-state index contributed by atoms with van der Waals surface area (Å²) in [4.78, 5) is 3.34. The van der Waals surface area contributed by atoms with E-state index in [0.29, 0.717) is 13.0 Å². The first kappa shape index (κ1) is 17.0. The van der Waals surface area contributed by atoms with E-state index in [1.807, 2.05) is 35.1 Å². The molecule has 98 valence electrons. The third kappa shape index (κ3) is 7.10. The number of pyridine rings is 1. The Morgan fingerprint density at radius 3 is 2.41 bits per heavy atom. The van der Waals surface area contributed by atoms with Crippen LogP contribution in [-0.4, -0.2) is 11.6 Å². The Morgan fingerprint density at radius 2 is 2.00 bits per heavy atom. The van der Waals surface area contributed by atoms with E-state index in [9.17, 15) is 13.2 Å². The molecule has 0 aliphatic rings. The number of nitrogens with zero attached hydrogens (tertiary/aromatic N) is 1. The van der Waals surface area contributed by atoms with Crippen molar-refractivity contribution >= 4 is 30.4 Å². The monoisotopic (exact) mass is 379 g/mol. The van der Waals surface area contributed by atoms with Gasteiger partial charge in [0.25, 0.3) is 0 Å². The van der Waals surface area contributed by atoms with Gasteiger partial charge in [0.1, 0.15) is 5.69 Å². The van der Waals surface area contributed by atoms with Crippen LogP contribution >= 0.6 is 30.4 Å². The van der Waals surface area contributed by atoms with Crippen molar-refractivity contribution in [3.8, 4) is 0 Å². The summed E-state index contributed by atoms with van der Waals surface area (Å²) in [6.07, 6.45) is -2.59. The van der Waals surface area contributed by atoms with Crippen LogP contribution in [0.1, 0.15) is 25.1 Å². The fourth-order valence-electron chi connectivity index (χ4n) is 0.931. The molecule has 0 fully saturated rings. The standard InChI is InChI=1S/C8H7F3INOS.C2H6/c9-8(10,11)7-2-1-6(5-13-7)3-4-14-15-12;1-2/h1-2,5H,3-4H2;1-2H3. The molecule has 0 saturated carbocycles. The van der Waals surface area contributed by atoms with Gasteiger partial charge in [-0.25, -0.2) is 0 Å². The van der Waals surface area contributed by atoms with Crippen molar-refractivity contribution in [2.75, 3.05) is 6.61 Å². The summed E-state index contributed by atoms with van der Waals surface area (Å²) in [5.41, 5.74) is -0.135. The number of hydrogen-bond acceptors (Lipinski definition) is 3. The van der Waals surface area contributed by atoms with Gasteiger partial charge in [-0.1, -0.05) is 19.9 Å². The maximum atomic E-state index is 12.1. The van der Waals surface area contributed by atoms with Gasteiger partial charge in [0.05, 0.1) is 15.8 Å². The van der Waals surface area contributed by atoms with Gasteiger partial charge in [-0.3, -0.25) is 4.98 Å². The van der Waals surface area contributed by atoms with Gasteiger partial charge in [-0.2, -0.15) is 13.2 Å². The van der Waals surface area contributed by atoms with Gasteiger partial charge in [0.15, 0.2) is 0 Å². The Hall–Kier alpha value is -0.0200. The summed E-state index contributed by atoms with van der Waals surface area (Å²) in [5.74, 6) is 0. The smallest absolute Gasteiger partial charge is 0.305 e. The molecule has 0 atom stereocenters. The van der Waals surface area contributed by atoms with Crippen molar-refractivity contribution in [3.05, 3.63) is 29.6 Å². The molecule has 1 aromatic heterocycles. The number of halogens is 4. The van der Waals surface area contributed by atoms with E-state index < -0.39 is 11.9 Å². The molecule has 0 unspecified atom stereocenters. The van der Waals surface area contributed by atoms with E-state index in [2.05, 4.69) is 4.98 Å². The summed E-state index contributed by atoms with van der Waals surface area (Å²) < 4.78 is 41.4. The van der Waals surface area contributed by atoms with Gasteiger partial charge < -0.3 is 4.18 Å². The van der Waals surface area contributed by atoms with Gasteiger partial charge in [0, 0.05) is 27.4 Å². The molecule has 0 aromatic carbocycles. The molecular weight excluding hydrogens is 366 g/mol. The Morgan fingerprint density at radius 1 is 1.35 bits per heavy atom. The first-order chi connectivity index (χ1) is 8.04. The highest BCUT2D eigenvalue weighted by Crippen LogP contribution is 2.27. The number of alkyl halides is 3. The molecule has 0 spiro atoms. The summed E-state index contributed by atoms with van der Waals surface area (Å²) in [6.45, 7) is 4.46. The van der Waals surface area contributed by atoms with E-state index in [1.165, 1.54) is 21.5 Å². The average molecular weight is 379 g/mol. The minimum atomic E-state index is -4.37. The normalized spacial score (nSPS) is 10.7. The second-order valence-electron chi connectivity index (χ2n) is 2.68. The van der Waals surface area contributed by atoms with Crippen LogP contribution in [0.4, 0.5) is 13.2 Å². The topological polar surface area (TPSA) is 22.1 Å². The van der Waals surface area contributed by atoms with Crippen molar-refractivity contribution in [2.45, 2.75) is 26.4 Å². The highest BCUT2D eigenvalue weighted by atomic mass is 127. The fourth-order valence-corrected chi connectivity index (χ4v) is 1.62. The molecule has 0 radical (unpaired) electrons. The average Bonchev–Trinajstić information content (AvgIpc) is 2.32. The van der Waals surface area contributed by atoms with Crippen molar-refractivity contribution in [3.63, 3.8) is 0 Å². The molecule has 1 rings (SSSR count). The molecule has 1 aromatic rings. The quantitative estimate of drug-likeness (QED) is 0.431. The second-order valence-corrected chi connectivity index (χ2v) is 4.12. The van der Waals surface area contributed by atoms with E-state index in [4.69, 9.17) is 4.18 Å². The third-order valence-electron chi connectivity index (χ3n) is 1.63. The van der Waals surface area contributed by atoms with Gasteiger partial charge in [0.2, 0.25) is 0 Å². The van der Waals surface area contributed by atoms with E-state index >= 15 is 0 Å². The lowest BCUT2D eigenvalue weighted by Gasteiger charge is -2.06. The SMILES string of the molecule is CC.FC(F)(F)c1ccc(CCOSI)cn1. The molecule has 0 aliphatic carbocycles. The zero-order valence-corrected chi connectivity index (χ0v) is 12.4. The minimum Gasteiger partial charge on any atom is -0.305 e. The maximum Gasteiger partial charge on any atom is 0.433 e. The first-order valence-electron chi connectivity index (χ1n) is 4.96. The molecule has 7 heteroatoms. The van der Waals surface area contributed by atoms with E-state index in [0.717, 1.165) is 11.6 Å². The highest BCUT2D eigenvalue weighted by Gasteiger charge is 2.31. The summed E-state index contributed by atoms with van der Waals surface area (Å²) in [5, 5.41) is 0. The van der Waals surface area contributed by atoms with Crippen LogP contribution in [0.15, 0.2) is 18.3 Å². The zero-order valence-electron chi connectivity index (χ0n) is 9.42. The van der Waals surface area contributed by atoms with E-state index in [1.54, 1.807) is 0 Å². The van der Waals surface area contributed by atoms with Gasteiger partial charge in [-0.05, 0) is 18.1 Å². The predicted octanol–water partition coefficient (Wildman–Crippen LogP) is 4.68. The van der Waals surface area contributed by atoms with Gasteiger partial charge >= 0.3 is 6.18 Å². The Kier molecular flexibility index (Phi) is 8.97. The Labute approximate surface area is 115 Å². The molecular formula is C10H13F3INOS. The van der Waals surface area contributed by atoms with Crippen LogP contribution in [-0.2, 0) is 16.8 Å². The Bertz CT molecular complexity index is 305. The predicted molar refractivity (Wildman–Crippen MR) is 71.9 cm³/mol. The van der Waals surface area contributed by atoms with Crippen LogP contribution in [0.5, 0.6) is 0 Å². The number of aromatic nitrogens is 1. The number of hydrogen-bond donors (Lipinski definition) is 0. The molecule has 0 saturated heterocycles. The van der Waals surface area contributed by atoms with E-state index in [-0.39, 0.29) is 0 Å². The second kappa shape index (κ2) is 8.98. The molecule has 1 heterocycles. The lowest BCUT2D eigenvalue weighted by Crippen LogP contribution is -2.08. The van der Waals surface area contributed by atoms with Crippen LogP contribution in [0, 0.1) is 0 Å². The lowest BCUT2D eigenvalue weighted by atomic mass is 10.2. The summed E-state index contributed by atoms with van der Waals surface area (Å²) in [6, 6.07) is 2.39. The third-order valence-corrected chi connectivity index (χ3v) is 2.65. The van der Waals surface area contributed by atoms with Gasteiger partial charge in [-0.15, -0.1) is 0 Å². The number of rotatable bonds is 4. The van der Waals surface area contributed by atoms with Crippen molar-refractivity contribution < 1.29 is 17.4 Å². The van der Waals surface area contributed by atoms with Crippen LogP contribution in [0.25, 0.3) is 0 Å². The highest BCUT2D eigenvalue weighted by molar-refractivity contribution is 14.2. The summed E-state index contributed by atoms with van der Waals surface area (Å²) >= 11 is 1.98. The first-order valence-corrected chi connectivity index (χ1v) is 8.25. The Balaban J connectivity index is 0.00000121. The largest absolute Gasteiger partial charge is 0.433 e. The zero-order chi connectivity index (χ0) is 13.3. The summed E-state index contributed by atoms with van der Waals surface area (Å²) in [7, 11) is 1.20. The minimum absolute atomic E-state index is 0.459. The molecule has 17 heavy (non-hydrogen) atoms. The fraction of sp³-hybridized carbons (Fsp3) is 0.500. The molecule has 0 bridgehead atoms. The molecule has 0 amide bonds. The molecule has 2 nitrogen and oxygen atoms in total.